The highest BCUT2D eigenvalue weighted by Crippen LogP contribution is 2.10. The third-order valence-electron chi connectivity index (χ3n) is 3.52. The van der Waals surface area contributed by atoms with Gasteiger partial charge in [-0.2, -0.15) is 0 Å². The van der Waals surface area contributed by atoms with Crippen molar-refractivity contribution in [2.45, 2.75) is 31.8 Å². The fourth-order valence-corrected chi connectivity index (χ4v) is 2.55. The van der Waals surface area contributed by atoms with Gasteiger partial charge in [-0.25, -0.2) is 0 Å². The number of benzene rings is 1. The Morgan fingerprint density at radius 1 is 1.37 bits per heavy atom. The molecule has 4 nitrogen and oxygen atoms in total. The fraction of sp³-hybridized carbons (Fsp3) is 0.533. The first-order valence-corrected chi connectivity index (χ1v) is 6.95. The summed E-state index contributed by atoms with van der Waals surface area (Å²) in [5, 5.41) is 12.2. The minimum absolute atomic E-state index is 0.247. The third-order valence-corrected chi connectivity index (χ3v) is 3.52. The molecule has 1 heterocycles. The van der Waals surface area contributed by atoms with Crippen LogP contribution in [0.1, 0.15) is 24.8 Å². The molecule has 104 valence electrons. The van der Waals surface area contributed by atoms with Crippen molar-refractivity contribution in [2.75, 3.05) is 19.6 Å². The van der Waals surface area contributed by atoms with Crippen LogP contribution in [0.2, 0.25) is 0 Å². The Hall–Kier alpha value is -1.39. The number of rotatable bonds is 5. The van der Waals surface area contributed by atoms with Crippen LogP contribution in [0.25, 0.3) is 0 Å². The number of aliphatic carboxylic acids is 1. The van der Waals surface area contributed by atoms with Crippen LogP contribution >= 0.6 is 0 Å². The number of carbonyl (C=O) groups is 1. The minimum atomic E-state index is -0.708. The summed E-state index contributed by atoms with van der Waals surface area (Å²) in [5.41, 5.74) is 1.32. The Kier molecular flexibility index (Phi) is 5.36. The number of nitrogens with one attached hydrogen (secondary N) is 1. The topological polar surface area (TPSA) is 52.6 Å². The molecule has 0 amide bonds. The molecule has 1 fully saturated rings. The van der Waals surface area contributed by atoms with Crippen LogP contribution in [0.3, 0.4) is 0 Å². The first-order valence-electron chi connectivity index (χ1n) is 6.95. The molecular weight excluding hydrogens is 240 g/mol. The lowest BCUT2D eigenvalue weighted by Crippen LogP contribution is -2.37. The van der Waals surface area contributed by atoms with Crippen molar-refractivity contribution >= 4 is 5.97 Å². The normalized spacial score (nSPS) is 20.9. The molecule has 2 rings (SSSR count). The number of hydrogen-bond donors (Lipinski definition) is 2. The highest BCUT2D eigenvalue weighted by Gasteiger charge is 2.18. The van der Waals surface area contributed by atoms with Crippen molar-refractivity contribution in [1.29, 1.82) is 0 Å². The number of nitrogens with zero attached hydrogens (tertiary/aromatic N) is 1. The summed E-state index contributed by atoms with van der Waals surface area (Å²) in [6.07, 6.45) is 2.08. The molecule has 2 N–H and O–H groups in total. The molecule has 1 unspecified atom stereocenters. The molecule has 1 atom stereocenters. The summed E-state index contributed by atoms with van der Waals surface area (Å²) in [6, 6.07) is 10.7. The number of carboxylic acids is 1. The van der Waals surface area contributed by atoms with Crippen molar-refractivity contribution in [2.24, 2.45) is 0 Å². The first-order chi connectivity index (χ1) is 9.24. The van der Waals surface area contributed by atoms with Gasteiger partial charge in [-0.1, -0.05) is 30.3 Å². The monoisotopic (exact) mass is 262 g/mol. The second-order valence-electron chi connectivity index (χ2n) is 5.16. The predicted octanol–water partition coefficient (Wildman–Crippen LogP) is 1.72. The molecule has 1 aromatic carbocycles. The van der Waals surface area contributed by atoms with E-state index in [0.29, 0.717) is 12.5 Å². The van der Waals surface area contributed by atoms with Crippen molar-refractivity contribution in [3.63, 3.8) is 0 Å². The van der Waals surface area contributed by atoms with E-state index in [1.807, 2.05) is 6.07 Å². The van der Waals surface area contributed by atoms with Gasteiger partial charge in [0.1, 0.15) is 0 Å². The quantitative estimate of drug-likeness (QED) is 0.848. The second kappa shape index (κ2) is 7.26. The first kappa shape index (κ1) is 14.0. The van der Waals surface area contributed by atoms with Gasteiger partial charge in [0.25, 0.3) is 0 Å². The Morgan fingerprint density at radius 3 is 2.89 bits per heavy atom. The lowest BCUT2D eigenvalue weighted by Gasteiger charge is -2.24. The zero-order chi connectivity index (χ0) is 13.5. The summed E-state index contributed by atoms with van der Waals surface area (Å²) < 4.78 is 0. The molecule has 1 aromatic rings. The van der Waals surface area contributed by atoms with Gasteiger partial charge in [0, 0.05) is 25.6 Å². The lowest BCUT2D eigenvalue weighted by molar-refractivity contribution is -0.137. The van der Waals surface area contributed by atoms with E-state index in [1.165, 1.54) is 5.56 Å². The van der Waals surface area contributed by atoms with Gasteiger partial charge in [0.15, 0.2) is 0 Å². The largest absolute Gasteiger partial charge is 0.481 e. The number of carboxylic acid groups (broad SMARTS) is 1. The van der Waals surface area contributed by atoms with E-state index in [1.54, 1.807) is 0 Å². The standard InChI is InChI=1S/C15H22N2O2/c18-15(19)8-7-14-12-17(10-4-9-16-14)11-13-5-2-1-3-6-13/h1-3,5-6,14,16H,4,7-12H2,(H,18,19). The highest BCUT2D eigenvalue weighted by molar-refractivity contribution is 5.66. The average Bonchev–Trinajstić information content (AvgIpc) is 2.63. The van der Waals surface area contributed by atoms with E-state index in [-0.39, 0.29) is 6.42 Å². The van der Waals surface area contributed by atoms with Crippen molar-refractivity contribution < 1.29 is 9.90 Å². The molecule has 4 heteroatoms. The van der Waals surface area contributed by atoms with Crippen LogP contribution < -0.4 is 5.32 Å². The van der Waals surface area contributed by atoms with Crippen LogP contribution in [0, 0.1) is 0 Å². The minimum Gasteiger partial charge on any atom is -0.481 e. The van der Waals surface area contributed by atoms with Gasteiger partial charge in [-0.05, 0) is 31.5 Å². The van der Waals surface area contributed by atoms with E-state index < -0.39 is 5.97 Å². The zero-order valence-corrected chi connectivity index (χ0v) is 11.2. The third kappa shape index (κ3) is 5.01. The highest BCUT2D eigenvalue weighted by atomic mass is 16.4. The maximum Gasteiger partial charge on any atom is 0.303 e. The fourth-order valence-electron chi connectivity index (χ4n) is 2.55. The molecular formula is C15H22N2O2. The van der Waals surface area contributed by atoms with E-state index in [0.717, 1.165) is 32.6 Å². The van der Waals surface area contributed by atoms with Gasteiger partial charge in [-0.3, -0.25) is 9.69 Å². The van der Waals surface area contributed by atoms with Gasteiger partial charge in [0.05, 0.1) is 0 Å². The summed E-state index contributed by atoms with van der Waals surface area (Å²) >= 11 is 0. The van der Waals surface area contributed by atoms with E-state index >= 15 is 0 Å². The van der Waals surface area contributed by atoms with Crippen molar-refractivity contribution in [1.82, 2.24) is 10.2 Å². The van der Waals surface area contributed by atoms with Gasteiger partial charge < -0.3 is 10.4 Å². The smallest absolute Gasteiger partial charge is 0.303 e. The van der Waals surface area contributed by atoms with Gasteiger partial charge in [-0.15, -0.1) is 0 Å². The van der Waals surface area contributed by atoms with Crippen LogP contribution in [-0.2, 0) is 11.3 Å². The average molecular weight is 262 g/mol. The van der Waals surface area contributed by atoms with Gasteiger partial charge >= 0.3 is 5.97 Å². The maximum atomic E-state index is 10.7. The van der Waals surface area contributed by atoms with Crippen LogP contribution in [0.5, 0.6) is 0 Å². The molecule has 0 bridgehead atoms. The molecule has 1 aliphatic heterocycles. The summed E-state index contributed by atoms with van der Waals surface area (Å²) in [4.78, 5) is 13.1. The molecule has 0 saturated carbocycles. The van der Waals surface area contributed by atoms with E-state index in [9.17, 15) is 4.79 Å². The maximum absolute atomic E-state index is 10.7. The van der Waals surface area contributed by atoms with E-state index in [2.05, 4.69) is 34.5 Å². The molecule has 19 heavy (non-hydrogen) atoms. The Bertz CT molecular complexity index is 394. The second-order valence-corrected chi connectivity index (χ2v) is 5.16. The van der Waals surface area contributed by atoms with Crippen molar-refractivity contribution in [3.05, 3.63) is 35.9 Å². The molecule has 0 radical (unpaired) electrons. The van der Waals surface area contributed by atoms with Crippen LogP contribution in [0.4, 0.5) is 0 Å². The van der Waals surface area contributed by atoms with Crippen LogP contribution in [0.15, 0.2) is 30.3 Å². The summed E-state index contributed by atoms with van der Waals surface area (Å²) in [7, 11) is 0. The number of hydrogen-bond acceptors (Lipinski definition) is 3. The van der Waals surface area contributed by atoms with Crippen LogP contribution in [-0.4, -0.2) is 41.7 Å². The molecule has 1 aliphatic rings. The lowest BCUT2D eigenvalue weighted by atomic mass is 10.1. The predicted molar refractivity (Wildman–Crippen MR) is 75.0 cm³/mol. The molecule has 0 spiro atoms. The summed E-state index contributed by atoms with van der Waals surface area (Å²) in [5.74, 6) is -0.708. The molecule has 1 saturated heterocycles. The van der Waals surface area contributed by atoms with Gasteiger partial charge in [0.2, 0.25) is 0 Å². The van der Waals surface area contributed by atoms with Crippen molar-refractivity contribution in [3.8, 4) is 0 Å². The SMILES string of the molecule is O=C(O)CCC1CN(Cc2ccccc2)CCCN1. The molecule has 0 aliphatic carbocycles. The molecule has 0 aromatic heterocycles. The Morgan fingerprint density at radius 2 is 2.16 bits per heavy atom. The Balaban J connectivity index is 1.87. The summed E-state index contributed by atoms with van der Waals surface area (Å²) in [6.45, 7) is 3.94. The zero-order valence-electron chi connectivity index (χ0n) is 11.2. The van der Waals surface area contributed by atoms with E-state index in [4.69, 9.17) is 5.11 Å². The Labute approximate surface area is 114 Å².